The van der Waals surface area contributed by atoms with Crippen LogP contribution in [0.15, 0.2) is 56.8 Å². The van der Waals surface area contributed by atoms with Crippen molar-refractivity contribution in [3.05, 3.63) is 79.0 Å². The summed E-state index contributed by atoms with van der Waals surface area (Å²) in [4.78, 5) is 0. The molecule has 0 fully saturated rings. The van der Waals surface area contributed by atoms with Crippen molar-refractivity contribution in [1.82, 2.24) is 0 Å². The second-order valence-electron chi connectivity index (χ2n) is 4.56. The van der Waals surface area contributed by atoms with Gasteiger partial charge in [0, 0.05) is 0 Å². The van der Waals surface area contributed by atoms with Crippen LogP contribution in [0.1, 0.15) is 22.3 Å². The number of rotatable bonds is 4. The maximum absolute atomic E-state index is 2.32. The Balaban J connectivity index is 1.86. The predicted molar refractivity (Wildman–Crippen MR) is 86.2 cm³/mol. The van der Waals surface area contributed by atoms with Gasteiger partial charge in [-0.2, -0.15) is 0 Å². The molecule has 0 bridgehead atoms. The van der Waals surface area contributed by atoms with Crippen LogP contribution in [-0.4, -0.2) is 20.9 Å². The average Bonchev–Trinajstić information content (AvgIpc) is 2.43. The molecule has 0 aliphatic heterocycles. The fourth-order valence-corrected chi connectivity index (χ4v) is 3.24. The van der Waals surface area contributed by atoms with Gasteiger partial charge in [0.25, 0.3) is 0 Å². The van der Waals surface area contributed by atoms with E-state index in [1.165, 1.54) is 22.3 Å². The first kappa shape index (κ1) is 14.1. The molecule has 0 aliphatic rings. The molecule has 2 rings (SSSR count). The molecular weight excluding hydrogens is 344 g/mol. The zero-order valence-electron chi connectivity index (χ0n) is 11.3. The first-order chi connectivity index (χ1) is 9.24. The van der Waals surface area contributed by atoms with Crippen molar-refractivity contribution < 1.29 is 0 Å². The molecule has 0 aliphatic carbocycles. The molecule has 1 heteroatoms. The van der Waals surface area contributed by atoms with Gasteiger partial charge in [0.2, 0.25) is 0 Å². The molecule has 2 aromatic carbocycles. The third-order valence-electron chi connectivity index (χ3n) is 2.83. The zero-order chi connectivity index (χ0) is 13.5. The van der Waals surface area contributed by atoms with Crippen LogP contribution in [-0.2, 0) is 0 Å². The summed E-state index contributed by atoms with van der Waals surface area (Å²) in [6, 6.07) is 17.3. The van der Waals surface area contributed by atoms with Crippen LogP contribution in [0.2, 0.25) is 0 Å². The van der Waals surface area contributed by atoms with Crippen molar-refractivity contribution in [3.63, 3.8) is 0 Å². The number of benzene rings is 2. The van der Waals surface area contributed by atoms with E-state index in [2.05, 4.69) is 82.8 Å². The molecule has 0 amide bonds. The molecule has 0 saturated heterocycles. The average molecular weight is 362 g/mol. The molecule has 0 radical (unpaired) electrons. The van der Waals surface area contributed by atoms with E-state index in [1.54, 1.807) is 0 Å². The summed E-state index contributed by atoms with van der Waals surface area (Å²) < 4.78 is 4.64. The Morgan fingerprint density at radius 2 is 1.00 bits per heavy atom. The van der Waals surface area contributed by atoms with E-state index in [-0.39, 0.29) is 20.9 Å². The molecule has 19 heavy (non-hydrogen) atoms. The van der Waals surface area contributed by atoms with Gasteiger partial charge in [-0.25, -0.2) is 0 Å². The van der Waals surface area contributed by atoms with Crippen LogP contribution < -0.4 is 0 Å². The van der Waals surface area contributed by atoms with Gasteiger partial charge in [-0.3, -0.25) is 0 Å². The number of hydrogen-bond donors (Lipinski definition) is 0. The Bertz CT molecular complexity index is 506. The third-order valence-corrected chi connectivity index (χ3v) is 4.51. The minimum absolute atomic E-state index is 0.179. The molecule has 2 aromatic rings. The van der Waals surface area contributed by atoms with Gasteiger partial charge >= 0.3 is 126 Å². The predicted octanol–water partition coefficient (Wildman–Crippen LogP) is 4.65. The van der Waals surface area contributed by atoms with Crippen molar-refractivity contribution >= 4 is 33.1 Å². The van der Waals surface area contributed by atoms with E-state index in [0.717, 1.165) is 0 Å². The SMILES string of the molecule is Cc1ccc(/C=C/[Te]/C=C/c2ccc(C)cc2)cc1. The molecule has 0 aromatic heterocycles. The number of aryl methyl sites for hydroxylation is 2. The topological polar surface area (TPSA) is 0 Å². The quantitative estimate of drug-likeness (QED) is 0.695. The van der Waals surface area contributed by atoms with Gasteiger partial charge < -0.3 is 0 Å². The molecule has 0 N–H and O–H groups in total. The molecule has 96 valence electrons. The summed E-state index contributed by atoms with van der Waals surface area (Å²) in [5, 5.41) is 0. The first-order valence-electron chi connectivity index (χ1n) is 6.36. The molecule has 0 heterocycles. The Morgan fingerprint density at radius 1 is 0.632 bits per heavy atom. The van der Waals surface area contributed by atoms with Crippen molar-refractivity contribution in [1.29, 1.82) is 0 Å². The molecule has 0 atom stereocenters. The van der Waals surface area contributed by atoms with Crippen molar-refractivity contribution in [2.24, 2.45) is 0 Å². The van der Waals surface area contributed by atoms with Crippen LogP contribution in [0, 0.1) is 13.8 Å². The summed E-state index contributed by atoms with van der Waals surface area (Å²) in [6.07, 6.45) is 4.45. The van der Waals surface area contributed by atoms with Crippen LogP contribution >= 0.6 is 0 Å². The van der Waals surface area contributed by atoms with Gasteiger partial charge in [0.05, 0.1) is 0 Å². The van der Waals surface area contributed by atoms with Gasteiger partial charge in [-0.15, -0.1) is 0 Å². The maximum atomic E-state index is 2.32. The zero-order valence-corrected chi connectivity index (χ0v) is 13.7. The van der Waals surface area contributed by atoms with Crippen molar-refractivity contribution in [3.8, 4) is 0 Å². The summed E-state index contributed by atoms with van der Waals surface area (Å²) >= 11 is -0.179. The van der Waals surface area contributed by atoms with E-state index in [9.17, 15) is 0 Å². The fraction of sp³-hybridized carbons (Fsp3) is 0.111. The Hall–Kier alpha value is -1.29. The molecular formula is C18H18Te. The standard InChI is InChI=1S/C18H18Te/c1-15-3-7-17(8-4-15)11-13-19-14-12-18-9-5-16(2)6-10-18/h3-14H,1-2H3/b13-11+,14-12+. The van der Waals surface area contributed by atoms with Gasteiger partial charge in [-0.1, -0.05) is 0 Å². The molecule has 0 saturated carbocycles. The van der Waals surface area contributed by atoms with Gasteiger partial charge in [-0.05, 0) is 0 Å². The fourth-order valence-electron chi connectivity index (χ4n) is 1.64. The first-order valence-corrected chi connectivity index (χ1v) is 9.05. The van der Waals surface area contributed by atoms with Gasteiger partial charge in [0.15, 0.2) is 0 Å². The molecule has 0 unspecified atom stereocenters. The summed E-state index contributed by atoms with van der Waals surface area (Å²) in [5.74, 6) is 0. The third kappa shape index (κ3) is 5.07. The number of hydrogen-bond acceptors (Lipinski definition) is 0. The van der Waals surface area contributed by atoms with E-state index in [0.29, 0.717) is 0 Å². The normalized spacial score (nSPS) is 11.5. The summed E-state index contributed by atoms with van der Waals surface area (Å²) in [5.41, 5.74) is 5.21. The van der Waals surface area contributed by atoms with Crippen LogP contribution in [0.3, 0.4) is 0 Å². The molecule has 0 nitrogen and oxygen atoms in total. The minimum atomic E-state index is -0.179. The Labute approximate surface area is 126 Å². The second kappa shape index (κ2) is 7.34. The summed E-state index contributed by atoms with van der Waals surface area (Å²) in [7, 11) is 0. The van der Waals surface area contributed by atoms with E-state index in [1.807, 2.05) is 0 Å². The monoisotopic (exact) mass is 364 g/mol. The molecule has 0 spiro atoms. The van der Waals surface area contributed by atoms with E-state index >= 15 is 0 Å². The van der Waals surface area contributed by atoms with E-state index in [4.69, 9.17) is 0 Å². The van der Waals surface area contributed by atoms with Crippen molar-refractivity contribution in [2.75, 3.05) is 0 Å². The van der Waals surface area contributed by atoms with Crippen LogP contribution in [0.5, 0.6) is 0 Å². The van der Waals surface area contributed by atoms with Gasteiger partial charge in [0.1, 0.15) is 0 Å². The Morgan fingerprint density at radius 3 is 1.37 bits per heavy atom. The second-order valence-corrected chi connectivity index (χ2v) is 6.89. The Kier molecular flexibility index (Phi) is 5.45. The van der Waals surface area contributed by atoms with Crippen molar-refractivity contribution in [2.45, 2.75) is 13.8 Å². The van der Waals surface area contributed by atoms with Crippen LogP contribution in [0.4, 0.5) is 0 Å². The van der Waals surface area contributed by atoms with E-state index < -0.39 is 0 Å². The summed E-state index contributed by atoms with van der Waals surface area (Å²) in [6.45, 7) is 4.23. The van der Waals surface area contributed by atoms with Crippen LogP contribution in [0.25, 0.3) is 12.2 Å².